The third kappa shape index (κ3) is 6.90. The summed E-state index contributed by atoms with van der Waals surface area (Å²) in [6, 6.07) is 17.8. The minimum atomic E-state index is -3.51. The number of rotatable bonds is 9. The largest absolute Gasteiger partial charge is 0.348 e. The van der Waals surface area contributed by atoms with Crippen molar-refractivity contribution in [2.24, 2.45) is 11.8 Å². The van der Waals surface area contributed by atoms with Crippen molar-refractivity contribution in [3.8, 4) is 0 Å². The Morgan fingerprint density at radius 2 is 1.53 bits per heavy atom. The monoisotopic (exact) mass is 457 g/mol. The smallest absolute Gasteiger partial charge is 0.240 e. The van der Waals surface area contributed by atoms with Crippen LogP contribution in [-0.4, -0.2) is 33.3 Å². The van der Waals surface area contributed by atoms with E-state index in [1.807, 2.05) is 37.3 Å². The maximum absolute atomic E-state index is 12.5. The normalized spacial score (nSPS) is 19.7. The first kappa shape index (κ1) is 23.9. The van der Waals surface area contributed by atoms with Crippen LogP contribution in [0.5, 0.6) is 0 Å². The third-order valence-electron chi connectivity index (χ3n) is 5.93. The number of hydrogen-bond donors (Lipinski definition) is 3. The van der Waals surface area contributed by atoms with Crippen LogP contribution in [0.25, 0.3) is 0 Å². The number of amides is 2. The topological polar surface area (TPSA) is 104 Å². The highest BCUT2D eigenvalue weighted by Gasteiger charge is 2.27. The molecule has 0 radical (unpaired) electrons. The van der Waals surface area contributed by atoms with Crippen molar-refractivity contribution in [2.75, 3.05) is 13.1 Å². The first-order chi connectivity index (χ1) is 15.3. The van der Waals surface area contributed by atoms with Gasteiger partial charge in [0, 0.05) is 12.5 Å². The van der Waals surface area contributed by atoms with Gasteiger partial charge in [-0.25, -0.2) is 13.1 Å². The quantitative estimate of drug-likeness (QED) is 0.539. The van der Waals surface area contributed by atoms with Crippen molar-refractivity contribution >= 4 is 21.8 Å². The predicted molar refractivity (Wildman–Crippen MR) is 123 cm³/mol. The van der Waals surface area contributed by atoms with Gasteiger partial charge in [0.05, 0.1) is 17.5 Å². The minimum Gasteiger partial charge on any atom is -0.348 e. The Labute approximate surface area is 190 Å². The Hall–Kier alpha value is -2.71. The lowest BCUT2D eigenvalue weighted by Crippen LogP contribution is -2.41. The fourth-order valence-electron chi connectivity index (χ4n) is 3.97. The molecule has 0 aliphatic heterocycles. The molecule has 2 aromatic rings. The highest BCUT2D eigenvalue weighted by molar-refractivity contribution is 7.89. The molecule has 172 valence electrons. The van der Waals surface area contributed by atoms with Gasteiger partial charge >= 0.3 is 0 Å². The molecule has 1 saturated carbocycles. The standard InChI is InChI=1S/C24H31N3O4S/c1-18(20-8-4-2-5-9-20)27-23(28)17-25-24(29)21-14-12-19(13-15-21)16-26-32(30,31)22-10-6-3-7-11-22/h2-11,18-19,21,26H,12-17H2,1H3,(H,25,29)(H,27,28). The molecular weight excluding hydrogens is 426 g/mol. The Kier molecular flexibility index (Phi) is 8.41. The summed E-state index contributed by atoms with van der Waals surface area (Å²) in [6.07, 6.45) is 2.91. The zero-order valence-electron chi connectivity index (χ0n) is 18.3. The number of carbonyl (C=O) groups is 2. The van der Waals surface area contributed by atoms with Crippen LogP contribution in [0.2, 0.25) is 0 Å². The number of hydrogen-bond acceptors (Lipinski definition) is 4. The van der Waals surface area contributed by atoms with E-state index in [-0.39, 0.29) is 41.1 Å². The summed E-state index contributed by atoms with van der Waals surface area (Å²) >= 11 is 0. The van der Waals surface area contributed by atoms with E-state index in [4.69, 9.17) is 0 Å². The van der Waals surface area contributed by atoms with Crippen molar-refractivity contribution in [1.82, 2.24) is 15.4 Å². The molecule has 2 aromatic carbocycles. The molecule has 3 rings (SSSR count). The molecule has 0 saturated heterocycles. The van der Waals surface area contributed by atoms with Gasteiger partial charge in [-0.05, 0) is 56.2 Å². The zero-order chi connectivity index (χ0) is 23.0. The highest BCUT2D eigenvalue weighted by atomic mass is 32.2. The average Bonchev–Trinajstić information content (AvgIpc) is 2.82. The molecule has 7 nitrogen and oxygen atoms in total. The molecule has 1 aliphatic carbocycles. The molecule has 2 amide bonds. The van der Waals surface area contributed by atoms with Crippen LogP contribution >= 0.6 is 0 Å². The summed E-state index contributed by atoms with van der Waals surface area (Å²) in [4.78, 5) is 24.9. The van der Waals surface area contributed by atoms with Gasteiger partial charge in [0.15, 0.2) is 0 Å². The van der Waals surface area contributed by atoms with E-state index in [0.29, 0.717) is 19.4 Å². The van der Waals surface area contributed by atoms with Gasteiger partial charge in [-0.15, -0.1) is 0 Å². The fourth-order valence-corrected chi connectivity index (χ4v) is 5.11. The van der Waals surface area contributed by atoms with E-state index < -0.39 is 10.0 Å². The number of carbonyl (C=O) groups excluding carboxylic acids is 2. The minimum absolute atomic E-state index is 0.0488. The molecule has 0 bridgehead atoms. The van der Waals surface area contributed by atoms with Gasteiger partial charge in [0.1, 0.15) is 0 Å². The molecule has 1 unspecified atom stereocenters. The molecule has 0 spiro atoms. The van der Waals surface area contributed by atoms with Crippen molar-refractivity contribution in [3.63, 3.8) is 0 Å². The van der Waals surface area contributed by atoms with E-state index >= 15 is 0 Å². The molecule has 8 heteroatoms. The first-order valence-electron chi connectivity index (χ1n) is 11.0. The Morgan fingerprint density at radius 1 is 0.938 bits per heavy atom. The predicted octanol–water partition coefficient (Wildman–Crippen LogP) is 2.76. The summed E-state index contributed by atoms with van der Waals surface area (Å²) in [7, 11) is -3.51. The number of sulfonamides is 1. The molecule has 0 heterocycles. The molecular formula is C24H31N3O4S. The van der Waals surface area contributed by atoms with Gasteiger partial charge in [0.25, 0.3) is 0 Å². The SMILES string of the molecule is CC(NC(=O)CNC(=O)C1CCC(CNS(=O)(=O)c2ccccc2)CC1)c1ccccc1. The van der Waals surface area contributed by atoms with Crippen LogP contribution in [0, 0.1) is 11.8 Å². The van der Waals surface area contributed by atoms with E-state index in [1.165, 1.54) is 0 Å². The number of benzene rings is 2. The van der Waals surface area contributed by atoms with Gasteiger partial charge in [-0.2, -0.15) is 0 Å². The van der Waals surface area contributed by atoms with Gasteiger partial charge in [-0.3, -0.25) is 9.59 Å². The molecule has 1 fully saturated rings. The van der Waals surface area contributed by atoms with E-state index in [2.05, 4.69) is 15.4 Å². The molecule has 0 aromatic heterocycles. The fraction of sp³-hybridized carbons (Fsp3) is 0.417. The lowest BCUT2D eigenvalue weighted by molar-refractivity contribution is -0.129. The summed E-state index contributed by atoms with van der Waals surface area (Å²) in [6.45, 7) is 2.22. The second kappa shape index (κ2) is 11.2. The van der Waals surface area contributed by atoms with Crippen LogP contribution < -0.4 is 15.4 Å². The van der Waals surface area contributed by atoms with Crippen molar-refractivity contribution < 1.29 is 18.0 Å². The summed E-state index contributed by atoms with van der Waals surface area (Å²) < 4.78 is 27.4. The van der Waals surface area contributed by atoms with Crippen LogP contribution in [-0.2, 0) is 19.6 Å². The zero-order valence-corrected chi connectivity index (χ0v) is 19.1. The Balaban J connectivity index is 1.36. The van der Waals surface area contributed by atoms with Crippen molar-refractivity contribution in [3.05, 3.63) is 66.2 Å². The maximum atomic E-state index is 12.5. The molecule has 1 atom stereocenters. The lowest BCUT2D eigenvalue weighted by Gasteiger charge is -2.27. The first-order valence-corrected chi connectivity index (χ1v) is 12.5. The Bertz CT molecular complexity index is 988. The maximum Gasteiger partial charge on any atom is 0.240 e. The molecule has 1 aliphatic rings. The summed E-state index contributed by atoms with van der Waals surface area (Å²) in [5, 5.41) is 5.63. The number of nitrogens with one attached hydrogen (secondary N) is 3. The van der Waals surface area contributed by atoms with Crippen LogP contribution in [0.3, 0.4) is 0 Å². The van der Waals surface area contributed by atoms with E-state index in [0.717, 1.165) is 18.4 Å². The van der Waals surface area contributed by atoms with Gasteiger partial charge in [0.2, 0.25) is 21.8 Å². The van der Waals surface area contributed by atoms with Crippen LogP contribution in [0.1, 0.15) is 44.2 Å². The highest BCUT2D eigenvalue weighted by Crippen LogP contribution is 2.28. The Morgan fingerprint density at radius 3 is 2.16 bits per heavy atom. The van der Waals surface area contributed by atoms with Crippen LogP contribution in [0.4, 0.5) is 0 Å². The van der Waals surface area contributed by atoms with Crippen molar-refractivity contribution in [1.29, 1.82) is 0 Å². The summed E-state index contributed by atoms with van der Waals surface area (Å²) in [5.74, 6) is -0.279. The van der Waals surface area contributed by atoms with Gasteiger partial charge < -0.3 is 10.6 Å². The van der Waals surface area contributed by atoms with Gasteiger partial charge in [-0.1, -0.05) is 48.5 Å². The molecule has 32 heavy (non-hydrogen) atoms. The van der Waals surface area contributed by atoms with E-state index in [9.17, 15) is 18.0 Å². The molecule has 3 N–H and O–H groups in total. The van der Waals surface area contributed by atoms with Crippen molar-refractivity contribution in [2.45, 2.75) is 43.5 Å². The second-order valence-electron chi connectivity index (χ2n) is 8.30. The van der Waals surface area contributed by atoms with Crippen LogP contribution in [0.15, 0.2) is 65.6 Å². The summed E-state index contributed by atoms with van der Waals surface area (Å²) in [5.41, 5.74) is 1.01. The lowest BCUT2D eigenvalue weighted by atomic mass is 9.81. The average molecular weight is 458 g/mol. The third-order valence-corrected chi connectivity index (χ3v) is 7.37. The second-order valence-corrected chi connectivity index (χ2v) is 10.1. The van der Waals surface area contributed by atoms with E-state index in [1.54, 1.807) is 30.3 Å².